The molecule has 0 saturated carbocycles. The molecule has 0 radical (unpaired) electrons. The van der Waals surface area contributed by atoms with E-state index in [0.29, 0.717) is 5.13 Å². The van der Waals surface area contributed by atoms with Crippen molar-refractivity contribution in [2.24, 2.45) is 0 Å². The van der Waals surface area contributed by atoms with Gasteiger partial charge in [0.25, 0.3) is 0 Å². The molecule has 4 rings (SSSR count). The van der Waals surface area contributed by atoms with Crippen molar-refractivity contribution >= 4 is 43.5 Å². The fourth-order valence-electron chi connectivity index (χ4n) is 2.95. The van der Waals surface area contributed by atoms with Crippen LogP contribution in [0.25, 0.3) is 21.1 Å². The van der Waals surface area contributed by atoms with Gasteiger partial charge in [0.05, 0.1) is 17.3 Å². The second-order valence-corrected chi connectivity index (χ2v) is 6.86. The average Bonchev–Trinajstić information content (AvgIpc) is 3.14. The predicted octanol–water partition coefficient (Wildman–Crippen LogP) is 4.21. The van der Waals surface area contributed by atoms with E-state index in [-0.39, 0.29) is 12.5 Å². The number of thiazole rings is 1. The number of ether oxygens (including phenoxy) is 1. The van der Waals surface area contributed by atoms with E-state index in [4.69, 9.17) is 4.74 Å². The van der Waals surface area contributed by atoms with Crippen LogP contribution in [0.3, 0.4) is 0 Å². The highest BCUT2D eigenvalue weighted by Gasteiger charge is 2.12. The summed E-state index contributed by atoms with van der Waals surface area (Å²) in [7, 11) is 1.63. The monoisotopic (exact) mass is 351 g/mol. The highest BCUT2D eigenvalue weighted by Crippen LogP contribution is 2.29. The van der Waals surface area contributed by atoms with Gasteiger partial charge in [0, 0.05) is 11.2 Å². The minimum atomic E-state index is -0.0875. The number of fused-ring (bicyclic) bond motifs is 2. The zero-order valence-electron chi connectivity index (χ0n) is 13.9. The molecule has 0 fully saturated rings. The molecule has 0 aliphatic carbocycles. The lowest BCUT2D eigenvalue weighted by Gasteiger charge is -2.07. The summed E-state index contributed by atoms with van der Waals surface area (Å²) in [6.45, 7) is 2.27. The number of rotatable bonds is 4. The second kappa shape index (κ2) is 6.22. The zero-order valence-corrected chi connectivity index (χ0v) is 14.8. The molecule has 0 aliphatic rings. The number of aromatic nitrogens is 2. The number of para-hydroxylation sites is 1. The number of nitrogens with zero attached hydrogens (tertiary/aromatic N) is 2. The van der Waals surface area contributed by atoms with Crippen molar-refractivity contribution in [3.63, 3.8) is 0 Å². The lowest BCUT2D eigenvalue weighted by molar-refractivity contribution is -0.116. The van der Waals surface area contributed by atoms with E-state index in [2.05, 4.69) is 22.4 Å². The van der Waals surface area contributed by atoms with Crippen molar-refractivity contribution < 1.29 is 9.53 Å². The van der Waals surface area contributed by atoms with Crippen molar-refractivity contribution in [2.45, 2.75) is 13.5 Å². The smallest absolute Gasteiger partial charge is 0.246 e. The molecule has 5 nitrogen and oxygen atoms in total. The number of carbonyl (C=O) groups excluding carboxylic acids is 1. The van der Waals surface area contributed by atoms with E-state index in [0.717, 1.165) is 32.6 Å². The number of nitrogens with one attached hydrogen (secondary N) is 1. The molecule has 2 heterocycles. The Morgan fingerprint density at radius 3 is 2.92 bits per heavy atom. The number of benzene rings is 2. The first-order valence-electron chi connectivity index (χ1n) is 7.93. The van der Waals surface area contributed by atoms with Gasteiger partial charge in [-0.3, -0.25) is 4.79 Å². The highest BCUT2D eigenvalue weighted by molar-refractivity contribution is 7.22. The van der Waals surface area contributed by atoms with Gasteiger partial charge in [0.15, 0.2) is 5.13 Å². The van der Waals surface area contributed by atoms with Crippen molar-refractivity contribution in [1.29, 1.82) is 0 Å². The molecular weight excluding hydrogens is 334 g/mol. The van der Waals surface area contributed by atoms with Crippen LogP contribution < -0.4 is 10.1 Å². The number of hydrogen-bond acceptors (Lipinski definition) is 4. The number of methoxy groups -OCH3 is 1. The summed E-state index contributed by atoms with van der Waals surface area (Å²) in [5.41, 5.74) is 2.97. The van der Waals surface area contributed by atoms with Crippen molar-refractivity contribution in [2.75, 3.05) is 12.4 Å². The van der Waals surface area contributed by atoms with Crippen LogP contribution in [0.4, 0.5) is 5.13 Å². The minimum Gasteiger partial charge on any atom is -0.497 e. The molecule has 1 amide bonds. The van der Waals surface area contributed by atoms with Crippen molar-refractivity contribution in [1.82, 2.24) is 9.55 Å². The molecule has 0 aliphatic heterocycles. The lowest BCUT2D eigenvalue weighted by Crippen LogP contribution is -2.19. The third-order valence-electron chi connectivity index (χ3n) is 4.16. The van der Waals surface area contributed by atoms with E-state index in [1.54, 1.807) is 7.11 Å². The molecule has 25 heavy (non-hydrogen) atoms. The van der Waals surface area contributed by atoms with E-state index >= 15 is 0 Å². The fraction of sp³-hybridized carbons (Fsp3) is 0.158. The third-order valence-corrected chi connectivity index (χ3v) is 5.09. The Hall–Kier alpha value is -2.86. The molecule has 0 spiro atoms. The van der Waals surface area contributed by atoms with Gasteiger partial charge in [-0.25, -0.2) is 4.98 Å². The summed E-state index contributed by atoms with van der Waals surface area (Å²) >= 11 is 1.44. The molecule has 1 N–H and O–H groups in total. The lowest BCUT2D eigenvalue weighted by atomic mass is 10.2. The number of aryl methyl sites for hydroxylation is 1. The summed E-state index contributed by atoms with van der Waals surface area (Å²) in [5, 5.41) is 4.64. The van der Waals surface area contributed by atoms with Gasteiger partial charge in [0.2, 0.25) is 5.91 Å². The Bertz CT molecular complexity index is 1080. The molecule has 6 heteroatoms. The molecule has 0 unspecified atom stereocenters. The van der Waals surface area contributed by atoms with Gasteiger partial charge < -0.3 is 14.6 Å². The number of amides is 1. The molecule has 0 bridgehead atoms. The third kappa shape index (κ3) is 2.96. The standard InChI is InChI=1S/C19H17N3O2S/c1-12-9-13-5-3-4-6-16(13)22(12)11-18(23)21-19-20-15-8-7-14(24-2)10-17(15)25-19/h3-10H,11H2,1-2H3,(H,20,21,23). The Morgan fingerprint density at radius 1 is 1.24 bits per heavy atom. The molecule has 126 valence electrons. The Kier molecular flexibility index (Phi) is 3.89. The molecular formula is C19H17N3O2S. The van der Waals surface area contributed by atoms with Crippen LogP contribution in [-0.2, 0) is 11.3 Å². The summed E-state index contributed by atoms with van der Waals surface area (Å²) in [6.07, 6.45) is 0. The first kappa shape index (κ1) is 15.7. The van der Waals surface area contributed by atoms with E-state index in [1.165, 1.54) is 11.3 Å². The average molecular weight is 351 g/mol. The van der Waals surface area contributed by atoms with Crippen LogP contribution in [-0.4, -0.2) is 22.6 Å². The van der Waals surface area contributed by atoms with Crippen LogP contribution in [0.15, 0.2) is 48.5 Å². The van der Waals surface area contributed by atoms with E-state index in [1.807, 2.05) is 47.9 Å². The van der Waals surface area contributed by atoms with Crippen LogP contribution in [0.1, 0.15) is 5.69 Å². The maximum Gasteiger partial charge on any atom is 0.246 e. The van der Waals surface area contributed by atoms with E-state index in [9.17, 15) is 4.79 Å². The van der Waals surface area contributed by atoms with Crippen molar-refractivity contribution in [3.8, 4) is 5.75 Å². The van der Waals surface area contributed by atoms with Crippen LogP contribution in [0, 0.1) is 6.92 Å². The fourth-order valence-corrected chi connectivity index (χ4v) is 3.86. The Balaban J connectivity index is 1.56. The van der Waals surface area contributed by atoms with Gasteiger partial charge in [-0.2, -0.15) is 0 Å². The van der Waals surface area contributed by atoms with Gasteiger partial charge >= 0.3 is 0 Å². The molecule has 4 aromatic rings. The Morgan fingerprint density at radius 2 is 2.08 bits per heavy atom. The molecule has 2 aromatic heterocycles. The van der Waals surface area contributed by atoms with Crippen LogP contribution >= 0.6 is 11.3 Å². The number of anilines is 1. The van der Waals surface area contributed by atoms with Crippen LogP contribution in [0.2, 0.25) is 0 Å². The summed E-state index contributed by atoms with van der Waals surface area (Å²) in [5.74, 6) is 0.693. The van der Waals surface area contributed by atoms with Gasteiger partial charge in [-0.1, -0.05) is 29.5 Å². The van der Waals surface area contributed by atoms with Gasteiger partial charge in [-0.05, 0) is 42.6 Å². The van der Waals surface area contributed by atoms with E-state index < -0.39 is 0 Å². The number of carbonyl (C=O) groups is 1. The normalized spacial score (nSPS) is 11.1. The number of hydrogen-bond donors (Lipinski definition) is 1. The largest absolute Gasteiger partial charge is 0.497 e. The van der Waals surface area contributed by atoms with Crippen molar-refractivity contribution in [3.05, 3.63) is 54.2 Å². The zero-order chi connectivity index (χ0) is 17.4. The maximum absolute atomic E-state index is 12.5. The maximum atomic E-state index is 12.5. The van der Waals surface area contributed by atoms with Gasteiger partial charge in [-0.15, -0.1) is 0 Å². The highest BCUT2D eigenvalue weighted by atomic mass is 32.1. The summed E-state index contributed by atoms with van der Waals surface area (Å²) < 4.78 is 8.22. The molecule has 0 saturated heterocycles. The topological polar surface area (TPSA) is 56.1 Å². The first-order valence-corrected chi connectivity index (χ1v) is 8.75. The SMILES string of the molecule is COc1ccc2nc(NC(=O)Cn3c(C)cc4ccccc43)sc2c1. The molecule has 2 aromatic carbocycles. The minimum absolute atomic E-state index is 0.0875. The predicted molar refractivity (Wildman–Crippen MR) is 101 cm³/mol. The summed E-state index contributed by atoms with van der Waals surface area (Å²) in [4.78, 5) is 16.9. The second-order valence-electron chi connectivity index (χ2n) is 5.83. The molecule has 0 atom stereocenters. The first-order chi connectivity index (χ1) is 12.1. The Labute approximate surface area is 148 Å². The van der Waals surface area contributed by atoms with Crippen LogP contribution in [0.5, 0.6) is 5.75 Å². The summed E-state index contributed by atoms with van der Waals surface area (Å²) in [6, 6.07) is 15.8. The van der Waals surface area contributed by atoms with Gasteiger partial charge in [0.1, 0.15) is 12.3 Å². The quantitative estimate of drug-likeness (QED) is 0.599.